The third-order valence-electron chi connectivity index (χ3n) is 2.97. The van der Waals surface area contributed by atoms with Crippen molar-refractivity contribution in [3.63, 3.8) is 0 Å². The molecule has 5 nitrogen and oxygen atoms in total. The molecule has 0 aromatic heterocycles. The first-order valence-electron chi connectivity index (χ1n) is 6.05. The first-order chi connectivity index (χ1) is 9.38. The molecule has 0 aliphatic heterocycles. The number of anilines is 1. The Kier molecular flexibility index (Phi) is 3.96. The Morgan fingerprint density at radius 3 is 2.25 bits per heavy atom. The highest BCUT2D eigenvalue weighted by atomic mass is 32.2. The van der Waals surface area contributed by atoms with E-state index in [4.69, 9.17) is 5.14 Å². The molecule has 0 fully saturated rings. The Morgan fingerprint density at radius 2 is 1.70 bits per heavy atom. The van der Waals surface area contributed by atoms with E-state index >= 15 is 0 Å². The van der Waals surface area contributed by atoms with Crippen molar-refractivity contribution in [2.75, 3.05) is 5.32 Å². The predicted octanol–water partition coefficient (Wildman–Crippen LogP) is 2.21. The topological polar surface area (TPSA) is 92.4 Å². The number of nitrogens with one attached hydrogen (secondary N) is 1. The molecular formula is C14H16N2O3S. The maximum atomic E-state index is 11.2. The van der Waals surface area contributed by atoms with Crippen LogP contribution >= 0.6 is 0 Å². The summed E-state index contributed by atoms with van der Waals surface area (Å²) in [6, 6.07) is 13.1. The molecule has 0 aliphatic rings. The molecule has 0 saturated heterocycles. The highest BCUT2D eigenvalue weighted by molar-refractivity contribution is 7.89. The normalized spacial score (nSPS) is 12.9. The van der Waals surface area contributed by atoms with Crippen molar-refractivity contribution in [1.29, 1.82) is 0 Å². The van der Waals surface area contributed by atoms with Crippen LogP contribution in [0.5, 0.6) is 5.75 Å². The van der Waals surface area contributed by atoms with Gasteiger partial charge in [-0.25, -0.2) is 13.6 Å². The quantitative estimate of drug-likeness (QED) is 0.805. The lowest BCUT2D eigenvalue weighted by Gasteiger charge is -2.17. The third-order valence-corrected chi connectivity index (χ3v) is 3.90. The van der Waals surface area contributed by atoms with Crippen LogP contribution in [-0.2, 0) is 10.0 Å². The van der Waals surface area contributed by atoms with E-state index in [-0.39, 0.29) is 16.7 Å². The molecule has 0 heterocycles. The van der Waals surface area contributed by atoms with Gasteiger partial charge < -0.3 is 10.4 Å². The molecule has 4 N–H and O–H groups in total. The number of hydrogen-bond acceptors (Lipinski definition) is 4. The number of phenols is 1. The number of hydrogen-bond donors (Lipinski definition) is 3. The maximum absolute atomic E-state index is 11.2. The summed E-state index contributed by atoms with van der Waals surface area (Å²) in [6.07, 6.45) is 0. The lowest BCUT2D eigenvalue weighted by molar-refractivity contribution is 0.465. The van der Waals surface area contributed by atoms with Gasteiger partial charge in [-0.05, 0) is 37.3 Å². The van der Waals surface area contributed by atoms with E-state index in [0.29, 0.717) is 0 Å². The number of phenolic OH excluding ortho intramolecular Hbond substituents is 1. The largest absolute Gasteiger partial charge is 0.508 e. The second kappa shape index (κ2) is 5.52. The fourth-order valence-corrected chi connectivity index (χ4v) is 2.44. The number of aromatic hydroxyl groups is 1. The van der Waals surface area contributed by atoms with Gasteiger partial charge in [-0.15, -0.1) is 0 Å². The summed E-state index contributed by atoms with van der Waals surface area (Å²) in [4.78, 5) is 0.0678. The van der Waals surface area contributed by atoms with E-state index in [2.05, 4.69) is 5.32 Å². The molecule has 1 unspecified atom stereocenters. The van der Waals surface area contributed by atoms with Crippen molar-refractivity contribution in [3.8, 4) is 5.75 Å². The van der Waals surface area contributed by atoms with Gasteiger partial charge in [0.25, 0.3) is 0 Å². The number of benzene rings is 2. The fraction of sp³-hybridized carbons (Fsp3) is 0.143. The Hall–Kier alpha value is -2.05. The smallest absolute Gasteiger partial charge is 0.238 e. The van der Waals surface area contributed by atoms with E-state index in [1.54, 1.807) is 24.3 Å². The first kappa shape index (κ1) is 14.4. The minimum absolute atomic E-state index is 0.0678. The summed E-state index contributed by atoms with van der Waals surface area (Å²) >= 11 is 0. The highest BCUT2D eigenvalue weighted by Gasteiger charge is 2.11. The van der Waals surface area contributed by atoms with Crippen molar-refractivity contribution in [2.45, 2.75) is 17.9 Å². The molecule has 0 bridgehead atoms. The molecular weight excluding hydrogens is 276 g/mol. The standard InChI is InChI=1S/C14H16N2O3S/c1-10(13-4-2-3-5-14(13)17)16-11-6-8-12(9-7-11)20(15,18)19/h2-10,16-17H,1H3,(H2,15,18,19). The first-order valence-corrected chi connectivity index (χ1v) is 7.60. The Bertz CT molecular complexity index is 697. The molecule has 0 saturated carbocycles. The van der Waals surface area contributed by atoms with Crippen LogP contribution in [0.4, 0.5) is 5.69 Å². The van der Waals surface area contributed by atoms with E-state index in [1.165, 1.54) is 12.1 Å². The van der Waals surface area contributed by atoms with E-state index in [0.717, 1.165) is 11.3 Å². The molecule has 6 heteroatoms. The van der Waals surface area contributed by atoms with Gasteiger partial charge in [-0.1, -0.05) is 18.2 Å². The van der Waals surface area contributed by atoms with Crippen LogP contribution in [0.3, 0.4) is 0 Å². The van der Waals surface area contributed by atoms with E-state index in [1.807, 2.05) is 19.1 Å². The van der Waals surface area contributed by atoms with Crippen LogP contribution in [0.1, 0.15) is 18.5 Å². The van der Waals surface area contributed by atoms with Gasteiger partial charge >= 0.3 is 0 Å². The summed E-state index contributed by atoms with van der Waals surface area (Å²) in [5, 5.41) is 18.0. The number of rotatable bonds is 4. The van der Waals surface area contributed by atoms with Crippen LogP contribution in [0.2, 0.25) is 0 Å². The summed E-state index contributed by atoms with van der Waals surface area (Å²) < 4.78 is 22.3. The second-order valence-corrected chi connectivity index (χ2v) is 6.06. The number of nitrogens with two attached hydrogens (primary N) is 1. The van der Waals surface area contributed by atoms with E-state index < -0.39 is 10.0 Å². The Labute approximate surface area is 118 Å². The lowest BCUT2D eigenvalue weighted by atomic mass is 10.1. The number of primary sulfonamides is 1. The zero-order valence-corrected chi connectivity index (χ0v) is 11.8. The van der Waals surface area contributed by atoms with Gasteiger partial charge in [0.15, 0.2) is 0 Å². The number of para-hydroxylation sites is 1. The Balaban J connectivity index is 2.17. The van der Waals surface area contributed by atoms with Crippen molar-refractivity contribution < 1.29 is 13.5 Å². The van der Waals surface area contributed by atoms with Crippen molar-refractivity contribution in [1.82, 2.24) is 0 Å². The lowest BCUT2D eigenvalue weighted by Crippen LogP contribution is -2.12. The maximum Gasteiger partial charge on any atom is 0.238 e. The average molecular weight is 292 g/mol. The van der Waals surface area contributed by atoms with Gasteiger partial charge in [-0.2, -0.15) is 0 Å². The SMILES string of the molecule is CC(Nc1ccc(S(N)(=O)=O)cc1)c1ccccc1O. The van der Waals surface area contributed by atoms with Gasteiger partial charge in [0, 0.05) is 11.3 Å². The van der Waals surface area contributed by atoms with Crippen LogP contribution < -0.4 is 10.5 Å². The van der Waals surface area contributed by atoms with Crippen LogP contribution in [0, 0.1) is 0 Å². The van der Waals surface area contributed by atoms with Crippen LogP contribution in [0.25, 0.3) is 0 Å². The van der Waals surface area contributed by atoms with Crippen molar-refractivity contribution in [2.24, 2.45) is 5.14 Å². The summed E-state index contributed by atoms with van der Waals surface area (Å²) in [6.45, 7) is 1.91. The molecule has 0 amide bonds. The molecule has 0 radical (unpaired) electrons. The van der Waals surface area contributed by atoms with Gasteiger partial charge in [0.2, 0.25) is 10.0 Å². The average Bonchev–Trinajstić information content (AvgIpc) is 2.38. The van der Waals surface area contributed by atoms with Gasteiger partial charge in [0.1, 0.15) is 5.75 Å². The summed E-state index contributed by atoms with van der Waals surface area (Å²) in [5.41, 5.74) is 1.51. The Morgan fingerprint density at radius 1 is 1.10 bits per heavy atom. The van der Waals surface area contributed by atoms with Gasteiger partial charge in [-0.3, -0.25) is 0 Å². The molecule has 1 atom stereocenters. The molecule has 0 aliphatic carbocycles. The zero-order valence-electron chi connectivity index (χ0n) is 10.9. The van der Waals surface area contributed by atoms with Gasteiger partial charge in [0.05, 0.1) is 10.9 Å². The minimum Gasteiger partial charge on any atom is -0.508 e. The molecule has 0 spiro atoms. The van der Waals surface area contributed by atoms with Crippen molar-refractivity contribution in [3.05, 3.63) is 54.1 Å². The zero-order chi connectivity index (χ0) is 14.8. The van der Waals surface area contributed by atoms with Crippen molar-refractivity contribution >= 4 is 15.7 Å². The number of sulfonamides is 1. The molecule has 20 heavy (non-hydrogen) atoms. The van der Waals surface area contributed by atoms with E-state index in [9.17, 15) is 13.5 Å². The second-order valence-electron chi connectivity index (χ2n) is 4.49. The predicted molar refractivity (Wildman–Crippen MR) is 78.0 cm³/mol. The molecule has 106 valence electrons. The fourth-order valence-electron chi connectivity index (χ4n) is 1.92. The highest BCUT2D eigenvalue weighted by Crippen LogP contribution is 2.26. The van der Waals surface area contributed by atoms with Crippen LogP contribution in [0.15, 0.2) is 53.4 Å². The molecule has 2 rings (SSSR count). The molecule has 2 aromatic carbocycles. The summed E-state index contributed by atoms with van der Waals surface area (Å²) in [5.74, 6) is 0.216. The monoisotopic (exact) mass is 292 g/mol. The summed E-state index contributed by atoms with van der Waals surface area (Å²) in [7, 11) is -3.67. The molecule has 2 aromatic rings. The van der Waals surface area contributed by atoms with Crippen LogP contribution in [-0.4, -0.2) is 13.5 Å². The minimum atomic E-state index is -3.67. The third kappa shape index (κ3) is 3.28.